The van der Waals surface area contributed by atoms with Crippen molar-refractivity contribution in [1.29, 1.82) is 0 Å². The second-order valence-corrected chi connectivity index (χ2v) is 7.26. The van der Waals surface area contributed by atoms with Crippen LogP contribution in [-0.4, -0.2) is 65.5 Å². The summed E-state index contributed by atoms with van der Waals surface area (Å²) in [5, 5.41) is 1.08. The first-order valence-electron chi connectivity index (χ1n) is 9.33. The quantitative estimate of drug-likeness (QED) is 0.916. The molecule has 1 aromatic heterocycles. The van der Waals surface area contributed by atoms with Crippen LogP contribution in [0.15, 0.2) is 30.5 Å². The number of aromatic nitrogens is 1. The Morgan fingerprint density at radius 2 is 2.04 bits per heavy atom. The van der Waals surface area contributed by atoms with Gasteiger partial charge >= 0.3 is 0 Å². The zero-order chi connectivity index (χ0) is 18.1. The molecule has 26 heavy (non-hydrogen) atoms. The van der Waals surface area contributed by atoms with Gasteiger partial charge in [0.2, 0.25) is 5.91 Å². The van der Waals surface area contributed by atoms with Crippen molar-refractivity contribution >= 4 is 22.7 Å². The SMILES string of the molecule is COCCN1CCCC2(CCCN2C(=O)c2ccc3cc[nH]c3c2)C1=O. The number of carbonyl (C=O) groups is 2. The van der Waals surface area contributed by atoms with Crippen molar-refractivity contribution in [3.05, 3.63) is 36.0 Å². The molecule has 6 heteroatoms. The number of hydrogen-bond donors (Lipinski definition) is 1. The van der Waals surface area contributed by atoms with Crippen molar-refractivity contribution in [2.24, 2.45) is 0 Å². The Labute approximate surface area is 153 Å². The van der Waals surface area contributed by atoms with E-state index in [1.807, 2.05) is 40.3 Å². The number of nitrogens with one attached hydrogen (secondary N) is 1. The molecule has 0 aliphatic carbocycles. The maximum Gasteiger partial charge on any atom is 0.254 e. The van der Waals surface area contributed by atoms with Gasteiger partial charge in [-0.05, 0) is 49.3 Å². The zero-order valence-corrected chi connectivity index (χ0v) is 15.2. The van der Waals surface area contributed by atoms with Gasteiger partial charge in [-0.1, -0.05) is 6.07 Å². The monoisotopic (exact) mass is 355 g/mol. The van der Waals surface area contributed by atoms with E-state index in [2.05, 4.69) is 4.98 Å². The van der Waals surface area contributed by atoms with Gasteiger partial charge < -0.3 is 19.5 Å². The summed E-state index contributed by atoms with van der Waals surface area (Å²) in [6, 6.07) is 7.69. The number of piperidine rings is 1. The maximum atomic E-state index is 13.3. The molecular formula is C20H25N3O3. The molecule has 1 unspecified atom stereocenters. The van der Waals surface area contributed by atoms with Gasteiger partial charge in [-0.2, -0.15) is 0 Å². The number of aromatic amines is 1. The molecule has 0 radical (unpaired) electrons. The Hall–Kier alpha value is -2.34. The average Bonchev–Trinajstić information content (AvgIpc) is 3.29. The van der Waals surface area contributed by atoms with Crippen molar-refractivity contribution < 1.29 is 14.3 Å². The van der Waals surface area contributed by atoms with Gasteiger partial charge in [-0.15, -0.1) is 0 Å². The van der Waals surface area contributed by atoms with Crippen molar-refractivity contribution in [3.8, 4) is 0 Å². The highest BCUT2D eigenvalue weighted by Gasteiger charge is 2.52. The molecule has 1 aromatic carbocycles. The van der Waals surface area contributed by atoms with Crippen LogP contribution in [0.1, 0.15) is 36.0 Å². The minimum Gasteiger partial charge on any atom is -0.383 e. The Kier molecular flexibility index (Phi) is 4.44. The number of benzene rings is 1. The molecule has 1 atom stereocenters. The lowest BCUT2D eigenvalue weighted by Gasteiger charge is -2.44. The first kappa shape index (κ1) is 17.1. The lowest BCUT2D eigenvalue weighted by atomic mass is 9.85. The molecule has 2 aromatic rings. The lowest BCUT2D eigenvalue weighted by Crippen LogP contribution is -2.61. The number of likely N-dealkylation sites (tertiary alicyclic amines) is 2. The molecular weight excluding hydrogens is 330 g/mol. The van der Waals surface area contributed by atoms with Crippen molar-refractivity contribution in [2.75, 3.05) is 33.4 Å². The summed E-state index contributed by atoms with van der Waals surface area (Å²) in [4.78, 5) is 33.4. The minimum atomic E-state index is -0.673. The third-order valence-electron chi connectivity index (χ3n) is 5.80. The smallest absolute Gasteiger partial charge is 0.254 e. The van der Waals surface area contributed by atoms with Crippen LogP contribution in [0.4, 0.5) is 0 Å². The van der Waals surface area contributed by atoms with Gasteiger partial charge in [-0.3, -0.25) is 9.59 Å². The van der Waals surface area contributed by atoms with E-state index >= 15 is 0 Å². The van der Waals surface area contributed by atoms with Gasteiger partial charge in [0.25, 0.3) is 5.91 Å². The summed E-state index contributed by atoms with van der Waals surface area (Å²) in [7, 11) is 1.65. The van der Waals surface area contributed by atoms with Gasteiger partial charge in [0, 0.05) is 44.0 Å². The number of hydrogen-bond acceptors (Lipinski definition) is 3. The fourth-order valence-corrected chi connectivity index (χ4v) is 4.47. The van der Waals surface area contributed by atoms with Crippen molar-refractivity contribution in [1.82, 2.24) is 14.8 Å². The Morgan fingerprint density at radius 1 is 1.23 bits per heavy atom. The summed E-state index contributed by atoms with van der Waals surface area (Å²) >= 11 is 0. The molecule has 2 fully saturated rings. The number of ether oxygens (including phenoxy) is 1. The first-order valence-corrected chi connectivity index (χ1v) is 9.33. The van der Waals surface area contributed by atoms with Gasteiger partial charge in [0.15, 0.2) is 0 Å². The van der Waals surface area contributed by atoms with Crippen molar-refractivity contribution in [3.63, 3.8) is 0 Å². The van der Waals surface area contributed by atoms with Crippen LogP contribution in [0.3, 0.4) is 0 Å². The standard InChI is InChI=1S/C20H25N3O3/c1-26-13-12-22-10-2-7-20(19(22)25)8-3-11-23(20)18(24)16-5-4-15-6-9-21-17(15)14-16/h4-6,9,14,21H,2-3,7-8,10-13H2,1H3. The highest BCUT2D eigenvalue weighted by molar-refractivity contribution is 6.02. The molecule has 1 N–H and O–H groups in total. The van der Waals surface area contributed by atoms with E-state index in [-0.39, 0.29) is 11.8 Å². The highest BCUT2D eigenvalue weighted by Crippen LogP contribution is 2.39. The van der Waals surface area contributed by atoms with E-state index in [0.29, 0.717) is 25.3 Å². The predicted molar refractivity (Wildman–Crippen MR) is 99.0 cm³/mol. The summed E-state index contributed by atoms with van der Waals surface area (Å²) < 4.78 is 5.14. The number of rotatable bonds is 4. The van der Waals surface area contributed by atoms with Crippen LogP contribution in [0.2, 0.25) is 0 Å². The van der Waals surface area contributed by atoms with Gasteiger partial charge in [0.1, 0.15) is 5.54 Å². The topological polar surface area (TPSA) is 65.6 Å². The van der Waals surface area contributed by atoms with Crippen LogP contribution in [0, 0.1) is 0 Å². The zero-order valence-electron chi connectivity index (χ0n) is 15.2. The maximum absolute atomic E-state index is 13.3. The third kappa shape index (κ3) is 2.69. The number of methoxy groups -OCH3 is 1. The molecule has 2 aliphatic rings. The predicted octanol–water partition coefficient (Wildman–Crippen LogP) is 2.41. The number of fused-ring (bicyclic) bond motifs is 1. The van der Waals surface area contributed by atoms with Gasteiger partial charge in [-0.25, -0.2) is 0 Å². The summed E-state index contributed by atoms with van der Waals surface area (Å²) in [5.41, 5.74) is 0.914. The second-order valence-electron chi connectivity index (χ2n) is 7.26. The fraction of sp³-hybridized carbons (Fsp3) is 0.500. The summed E-state index contributed by atoms with van der Waals surface area (Å²) in [6.45, 7) is 2.51. The minimum absolute atomic E-state index is 0.0408. The Bertz CT molecular complexity index is 831. The third-order valence-corrected chi connectivity index (χ3v) is 5.80. The van der Waals surface area contributed by atoms with Crippen LogP contribution in [0.5, 0.6) is 0 Å². The Balaban J connectivity index is 1.62. The van der Waals surface area contributed by atoms with Crippen molar-refractivity contribution in [2.45, 2.75) is 31.2 Å². The van der Waals surface area contributed by atoms with E-state index in [0.717, 1.165) is 43.1 Å². The van der Waals surface area contributed by atoms with Crippen LogP contribution in [-0.2, 0) is 9.53 Å². The number of amides is 2. The number of nitrogens with zero attached hydrogens (tertiary/aromatic N) is 2. The molecule has 3 heterocycles. The molecule has 4 rings (SSSR count). The molecule has 1 spiro atoms. The highest BCUT2D eigenvalue weighted by atomic mass is 16.5. The lowest BCUT2D eigenvalue weighted by molar-refractivity contribution is -0.146. The first-order chi connectivity index (χ1) is 12.7. The van der Waals surface area contributed by atoms with E-state index in [9.17, 15) is 9.59 Å². The Morgan fingerprint density at radius 3 is 2.85 bits per heavy atom. The largest absolute Gasteiger partial charge is 0.383 e. The summed E-state index contributed by atoms with van der Waals surface area (Å²) in [6.07, 6.45) is 5.18. The van der Waals surface area contributed by atoms with E-state index in [4.69, 9.17) is 4.74 Å². The number of carbonyl (C=O) groups excluding carboxylic acids is 2. The van der Waals surface area contributed by atoms with Crippen LogP contribution in [0.25, 0.3) is 10.9 Å². The molecule has 2 aliphatic heterocycles. The molecule has 138 valence electrons. The molecule has 6 nitrogen and oxygen atoms in total. The summed E-state index contributed by atoms with van der Waals surface area (Å²) in [5.74, 6) is 0.0496. The molecule has 0 saturated carbocycles. The van der Waals surface area contributed by atoms with E-state index in [1.165, 1.54) is 0 Å². The van der Waals surface area contributed by atoms with E-state index in [1.54, 1.807) is 7.11 Å². The van der Waals surface area contributed by atoms with Crippen LogP contribution < -0.4 is 0 Å². The molecule has 2 saturated heterocycles. The average molecular weight is 355 g/mol. The number of H-pyrrole nitrogens is 1. The van der Waals surface area contributed by atoms with Crippen LogP contribution >= 0.6 is 0 Å². The second kappa shape index (κ2) is 6.76. The molecule has 0 bridgehead atoms. The van der Waals surface area contributed by atoms with E-state index < -0.39 is 5.54 Å². The molecule has 2 amide bonds. The van der Waals surface area contributed by atoms with Gasteiger partial charge in [0.05, 0.1) is 6.61 Å². The fourth-order valence-electron chi connectivity index (χ4n) is 4.47. The normalized spacial score (nSPS) is 23.3.